The third-order valence-corrected chi connectivity index (χ3v) is 4.14. The van der Waals surface area contributed by atoms with Crippen molar-refractivity contribution in [1.29, 1.82) is 0 Å². The molecule has 0 saturated heterocycles. The summed E-state index contributed by atoms with van der Waals surface area (Å²) in [6, 6.07) is 7.01. The molecule has 118 valence electrons. The summed E-state index contributed by atoms with van der Waals surface area (Å²) in [7, 11) is 0.0815. The summed E-state index contributed by atoms with van der Waals surface area (Å²) in [6.45, 7) is 0.0763. The first-order valence-electron chi connectivity index (χ1n) is 6.57. The van der Waals surface area contributed by atoms with E-state index in [9.17, 15) is 12.8 Å². The Bertz CT molecular complexity index is 733. The van der Waals surface area contributed by atoms with Crippen LogP contribution in [-0.4, -0.2) is 32.5 Å². The van der Waals surface area contributed by atoms with Crippen LogP contribution in [0.25, 0.3) is 0 Å². The smallest absolute Gasteiger partial charge is 0.225 e. The summed E-state index contributed by atoms with van der Waals surface area (Å²) >= 11 is 0. The van der Waals surface area contributed by atoms with E-state index in [0.717, 1.165) is 0 Å². The van der Waals surface area contributed by atoms with Crippen molar-refractivity contribution in [3.8, 4) is 0 Å². The maximum Gasteiger partial charge on any atom is 0.225 e. The van der Waals surface area contributed by atoms with Gasteiger partial charge in [0.1, 0.15) is 5.82 Å². The topological polar surface area (TPSA) is 75.2 Å². The second kappa shape index (κ2) is 6.80. The number of benzene rings is 1. The van der Waals surface area contributed by atoms with Crippen LogP contribution < -0.4 is 9.62 Å². The maximum atomic E-state index is 12.8. The van der Waals surface area contributed by atoms with Gasteiger partial charge in [-0.3, -0.25) is 0 Å². The summed E-state index contributed by atoms with van der Waals surface area (Å²) in [5, 5.41) is 0. The molecule has 0 amide bonds. The highest BCUT2D eigenvalue weighted by Gasteiger charge is 2.12. The first kappa shape index (κ1) is 16.3. The fourth-order valence-corrected chi connectivity index (χ4v) is 2.83. The van der Waals surface area contributed by atoms with Gasteiger partial charge in [0, 0.05) is 20.3 Å². The highest BCUT2D eigenvalue weighted by atomic mass is 32.2. The van der Waals surface area contributed by atoms with E-state index >= 15 is 0 Å². The third-order valence-electron chi connectivity index (χ3n) is 2.84. The standard InChI is InChI=1S/C14H17FN4O2S/c1-19(2)14-16-8-7-13(18-14)9-17-22(20,21)10-11-3-5-12(15)6-4-11/h3-8,17H,9-10H2,1-2H3. The van der Waals surface area contributed by atoms with E-state index in [1.165, 1.54) is 24.3 Å². The van der Waals surface area contributed by atoms with Gasteiger partial charge in [-0.15, -0.1) is 0 Å². The minimum absolute atomic E-state index is 0.0763. The van der Waals surface area contributed by atoms with Crippen LogP contribution in [0.15, 0.2) is 36.5 Å². The van der Waals surface area contributed by atoms with Crippen molar-refractivity contribution in [1.82, 2.24) is 14.7 Å². The molecule has 1 heterocycles. The molecule has 0 radical (unpaired) electrons. The summed E-state index contributed by atoms with van der Waals surface area (Å²) in [6.07, 6.45) is 1.58. The van der Waals surface area contributed by atoms with Crippen LogP contribution >= 0.6 is 0 Å². The lowest BCUT2D eigenvalue weighted by Gasteiger charge is -2.11. The average molecular weight is 324 g/mol. The molecule has 0 atom stereocenters. The van der Waals surface area contributed by atoms with Gasteiger partial charge >= 0.3 is 0 Å². The monoisotopic (exact) mass is 324 g/mol. The van der Waals surface area contributed by atoms with Gasteiger partial charge in [-0.05, 0) is 23.8 Å². The van der Waals surface area contributed by atoms with Crippen LogP contribution in [0.4, 0.5) is 10.3 Å². The second-order valence-corrected chi connectivity index (χ2v) is 6.76. The minimum Gasteiger partial charge on any atom is -0.347 e. The van der Waals surface area contributed by atoms with E-state index in [2.05, 4.69) is 14.7 Å². The van der Waals surface area contributed by atoms with Crippen molar-refractivity contribution in [3.63, 3.8) is 0 Å². The van der Waals surface area contributed by atoms with Gasteiger partial charge < -0.3 is 4.90 Å². The van der Waals surface area contributed by atoms with Gasteiger partial charge in [0.15, 0.2) is 0 Å². The highest BCUT2D eigenvalue weighted by Crippen LogP contribution is 2.08. The van der Waals surface area contributed by atoms with Gasteiger partial charge in [-0.25, -0.2) is 27.5 Å². The minimum atomic E-state index is -3.53. The molecule has 0 saturated carbocycles. The number of nitrogens with one attached hydrogen (secondary N) is 1. The predicted molar refractivity (Wildman–Crippen MR) is 82.2 cm³/mol. The molecule has 1 aromatic heterocycles. The van der Waals surface area contributed by atoms with Crippen molar-refractivity contribution in [3.05, 3.63) is 53.6 Å². The molecule has 0 unspecified atom stereocenters. The predicted octanol–water partition coefficient (Wildman–Crippen LogP) is 1.30. The number of aromatic nitrogens is 2. The van der Waals surface area contributed by atoms with E-state index in [-0.39, 0.29) is 12.3 Å². The molecule has 6 nitrogen and oxygen atoms in total. The van der Waals surface area contributed by atoms with Crippen LogP contribution in [0, 0.1) is 5.82 Å². The molecule has 1 aromatic carbocycles. The van der Waals surface area contributed by atoms with Crippen molar-refractivity contribution in [2.75, 3.05) is 19.0 Å². The fourth-order valence-electron chi connectivity index (χ4n) is 1.73. The molecule has 0 aliphatic heterocycles. The van der Waals surface area contributed by atoms with Crippen LogP contribution in [0.2, 0.25) is 0 Å². The summed E-state index contributed by atoms with van der Waals surface area (Å²) in [5.41, 5.74) is 1.09. The van der Waals surface area contributed by atoms with Gasteiger partial charge in [0.25, 0.3) is 0 Å². The van der Waals surface area contributed by atoms with Crippen LogP contribution in [0.1, 0.15) is 11.3 Å². The number of hydrogen-bond donors (Lipinski definition) is 1. The summed E-state index contributed by atoms with van der Waals surface area (Å²) < 4.78 is 39.3. The lowest BCUT2D eigenvalue weighted by Crippen LogP contribution is -2.25. The Morgan fingerprint density at radius 1 is 1.18 bits per heavy atom. The lowest BCUT2D eigenvalue weighted by atomic mass is 10.2. The van der Waals surface area contributed by atoms with Crippen molar-refractivity contribution >= 4 is 16.0 Å². The lowest BCUT2D eigenvalue weighted by molar-refractivity contribution is 0.579. The number of sulfonamides is 1. The highest BCUT2D eigenvalue weighted by molar-refractivity contribution is 7.88. The van der Waals surface area contributed by atoms with Crippen molar-refractivity contribution < 1.29 is 12.8 Å². The Morgan fingerprint density at radius 2 is 1.86 bits per heavy atom. The van der Waals surface area contributed by atoms with E-state index < -0.39 is 15.8 Å². The quantitative estimate of drug-likeness (QED) is 0.867. The second-order valence-electron chi connectivity index (χ2n) is 4.95. The SMILES string of the molecule is CN(C)c1nccc(CNS(=O)(=O)Cc2ccc(F)cc2)n1. The Kier molecular flexibility index (Phi) is 5.04. The Labute approximate surface area is 129 Å². The number of rotatable bonds is 6. The van der Waals surface area contributed by atoms with Crippen molar-refractivity contribution in [2.24, 2.45) is 0 Å². The largest absolute Gasteiger partial charge is 0.347 e. The maximum absolute atomic E-state index is 12.8. The Morgan fingerprint density at radius 3 is 2.50 bits per heavy atom. The first-order chi connectivity index (χ1) is 10.4. The molecule has 2 rings (SSSR count). The normalized spacial score (nSPS) is 11.4. The number of anilines is 1. The van der Waals surface area contributed by atoms with Gasteiger partial charge in [0.05, 0.1) is 18.0 Å². The van der Waals surface area contributed by atoms with Crippen LogP contribution in [0.5, 0.6) is 0 Å². The molecule has 22 heavy (non-hydrogen) atoms. The van der Waals surface area contributed by atoms with Crippen molar-refractivity contribution in [2.45, 2.75) is 12.3 Å². The molecule has 8 heteroatoms. The van der Waals surface area contributed by atoms with Crippen LogP contribution in [0.3, 0.4) is 0 Å². The molecule has 0 aliphatic carbocycles. The molecule has 0 fully saturated rings. The van der Waals surface area contributed by atoms with E-state index in [4.69, 9.17) is 0 Å². The molecular formula is C14H17FN4O2S. The molecule has 1 N–H and O–H groups in total. The van der Waals surface area contributed by atoms with Gasteiger partial charge in [0.2, 0.25) is 16.0 Å². The van der Waals surface area contributed by atoms with E-state index in [1.807, 2.05) is 0 Å². The zero-order valence-electron chi connectivity index (χ0n) is 12.3. The number of halogens is 1. The molecule has 0 bridgehead atoms. The third kappa shape index (κ3) is 4.74. The Balaban J connectivity index is 2.00. The van der Waals surface area contributed by atoms with E-state index in [1.54, 1.807) is 31.3 Å². The molecular weight excluding hydrogens is 307 g/mol. The Hall–Kier alpha value is -2.06. The zero-order valence-corrected chi connectivity index (χ0v) is 13.1. The first-order valence-corrected chi connectivity index (χ1v) is 8.22. The summed E-state index contributed by atoms with van der Waals surface area (Å²) in [4.78, 5) is 10.0. The summed E-state index contributed by atoms with van der Waals surface area (Å²) in [5.74, 6) is -0.0969. The number of nitrogens with zero attached hydrogens (tertiary/aromatic N) is 3. The fraction of sp³-hybridized carbons (Fsp3) is 0.286. The van der Waals surface area contributed by atoms with Gasteiger partial charge in [-0.2, -0.15) is 0 Å². The molecule has 2 aromatic rings. The average Bonchev–Trinajstić information content (AvgIpc) is 2.48. The molecule has 0 spiro atoms. The molecule has 0 aliphatic rings. The van der Waals surface area contributed by atoms with Gasteiger partial charge in [-0.1, -0.05) is 12.1 Å². The zero-order chi connectivity index (χ0) is 16.2. The van der Waals surface area contributed by atoms with E-state index in [0.29, 0.717) is 17.2 Å². The number of hydrogen-bond acceptors (Lipinski definition) is 5. The van der Waals surface area contributed by atoms with Crippen LogP contribution in [-0.2, 0) is 22.3 Å².